The predicted molar refractivity (Wildman–Crippen MR) is 212 cm³/mol. The molecular formula is C41H53N7O7S. The van der Waals surface area contributed by atoms with Crippen LogP contribution in [0.2, 0.25) is 0 Å². The third-order valence-electron chi connectivity index (χ3n) is 11.7. The van der Waals surface area contributed by atoms with Gasteiger partial charge in [-0.15, -0.1) is 0 Å². The van der Waals surface area contributed by atoms with Crippen LogP contribution in [0.1, 0.15) is 95.0 Å². The maximum atomic E-state index is 14.7. The maximum Gasteiger partial charge on any atom is 0.297 e. The maximum absolute atomic E-state index is 14.7. The summed E-state index contributed by atoms with van der Waals surface area (Å²) in [5.74, 6) is -2.21. The van der Waals surface area contributed by atoms with Crippen LogP contribution < -0.4 is 20.1 Å². The number of imidazole rings is 1. The number of anilines is 1. The standard InChI is InChI=1S/C41H53N7O7S/c1-26(2)48-32-20-14-18-30(36(50)46(4)5)34(32)43-39(48)55-29-23-33-35(49)44-41(38(52)45-56(53,54)40(3)21-22-40)24-27(41)15-10-7-6-8-13-19-31(37(51)47(33)25-29)42-28-16-11-9-12-17-28/h9-12,14-18,20,26-27,29,31,33,42H,6-8,13,19,21-25H2,1-5H3,(H,44,49)(H,45,52)/b15-10-/t27-,29-,31+,33+,41-/m1/s1. The summed E-state index contributed by atoms with van der Waals surface area (Å²) in [6.45, 7) is 5.64. The van der Waals surface area contributed by atoms with Crippen molar-refractivity contribution >= 4 is 50.4 Å². The molecule has 2 aliphatic heterocycles. The zero-order valence-electron chi connectivity index (χ0n) is 32.8. The lowest BCUT2D eigenvalue weighted by molar-refractivity contribution is -0.140. The molecular weight excluding hydrogens is 735 g/mol. The molecule has 3 N–H and O–H groups in total. The number of hydrogen-bond donors (Lipinski definition) is 3. The minimum Gasteiger partial charge on any atom is -0.459 e. The molecule has 1 aromatic heterocycles. The van der Waals surface area contributed by atoms with Gasteiger partial charge in [0.05, 0.1) is 22.4 Å². The molecule has 7 rings (SSSR count). The van der Waals surface area contributed by atoms with E-state index in [0.29, 0.717) is 35.9 Å². The van der Waals surface area contributed by atoms with Crippen LogP contribution in [0.4, 0.5) is 5.69 Å². The van der Waals surface area contributed by atoms with Gasteiger partial charge in [0.1, 0.15) is 29.2 Å². The summed E-state index contributed by atoms with van der Waals surface area (Å²) in [5.41, 5.74) is 0.916. The Morgan fingerprint density at radius 2 is 1.79 bits per heavy atom. The molecule has 2 aromatic carbocycles. The van der Waals surface area contributed by atoms with Gasteiger partial charge in [-0.25, -0.2) is 8.42 Å². The number of aromatic nitrogens is 2. The number of para-hydroxylation sites is 2. The Labute approximate surface area is 328 Å². The van der Waals surface area contributed by atoms with Crippen molar-refractivity contribution in [3.63, 3.8) is 0 Å². The second-order valence-electron chi connectivity index (χ2n) is 16.5. The van der Waals surface area contributed by atoms with E-state index in [-0.39, 0.29) is 43.3 Å². The highest BCUT2D eigenvalue weighted by molar-refractivity contribution is 7.91. The van der Waals surface area contributed by atoms with Gasteiger partial charge in [-0.3, -0.25) is 28.5 Å². The highest BCUT2D eigenvalue weighted by Crippen LogP contribution is 2.47. The van der Waals surface area contributed by atoms with Crippen LogP contribution in [0.5, 0.6) is 6.01 Å². The largest absolute Gasteiger partial charge is 0.459 e. The van der Waals surface area contributed by atoms with Gasteiger partial charge in [0.15, 0.2) is 0 Å². The highest BCUT2D eigenvalue weighted by atomic mass is 32.2. The van der Waals surface area contributed by atoms with E-state index >= 15 is 0 Å². The van der Waals surface area contributed by atoms with E-state index in [0.717, 1.165) is 31.4 Å². The molecule has 1 saturated heterocycles. The number of fused-ring (bicyclic) bond motifs is 3. The van der Waals surface area contributed by atoms with E-state index in [1.54, 1.807) is 33.2 Å². The number of nitrogens with one attached hydrogen (secondary N) is 3. The van der Waals surface area contributed by atoms with Gasteiger partial charge in [-0.05, 0) is 83.6 Å². The van der Waals surface area contributed by atoms with Crippen molar-refractivity contribution in [3.8, 4) is 6.01 Å². The molecule has 2 aliphatic carbocycles. The first-order chi connectivity index (χ1) is 26.6. The zero-order chi connectivity index (χ0) is 40.0. The lowest BCUT2D eigenvalue weighted by atomic mass is 10.0. The molecule has 2 saturated carbocycles. The molecule has 300 valence electrons. The third kappa shape index (κ3) is 7.61. The highest BCUT2D eigenvalue weighted by Gasteiger charge is 2.63. The Kier molecular flexibility index (Phi) is 10.7. The molecule has 14 nitrogen and oxygen atoms in total. The Morgan fingerprint density at radius 3 is 2.48 bits per heavy atom. The van der Waals surface area contributed by atoms with Crippen molar-refractivity contribution in [2.75, 3.05) is 26.0 Å². The number of allylic oxidation sites excluding steroid dienone is 1. The second-order valence-corrected chi connectivity index (χ2v) is 18.7. The van der Waals surface area contributed by atoms with Crippen LogP contribution in [0.25, 0.3) is 11.0 Å². The third-order valence-corrected chi connectivity index (χ3v) is 13.9. The van der Waals surface area contributed by atoms with E-state index < -0.39 is 56.2 Å². The normalized spacial score (nSPS) is 26.9. The van der Waals surface area contributed by atoms with Crippen molar-refractivity contribution in [2.45, 2.75) is 113 Å². The summed E-state index contributed by atoms with van der Waals surface area (Å²) in [6, 6.07) is 13.3. The van der Waals surface area contributed by atoms with Gasteiger partial charge in [-0.1, -0.05) is 49.3 Å². The van der Waals surface area contributed by atoms with E-state index in [2.05, 4.69) is 15.4 Å². The molecule has 15 heteroatoms. The summed E-state index contributed by atoms with van der Waals surface area (Å²) in [4.78, 5) is 64.2. The number of rotatable bonds is 9. The smallest absolute Gasteiger partial charge is 0.297 e. The number of carbonyl (C=O) groups is 4. The summed E-state index contributed by atoms with van der Waals surface area (Å²) < 4.78 is 36.2. The molecule has 3 heterocycles. The van der Waals surface area contributed by atoms with E-state index in [4.69, 9.17) is 9.72 Å². The number of ether oxygens (including phenoxy) is 1. The Morgan fingerprint density at radius 1 is 1.04 bits per heavy atom. The number of amides is 4. The van der Waals surface area contributed by atoms with Gasteiger partial charge >= 0.3 is 0 Å². The van der Waals surface area contributed by atoms with E-state index in [9.17, 15) is 27.6 Å². The molecule has 5 atom stereocenters. The number of sulfonamides is 1. The minimum absolute atomic E-state index is 0.0595. The predicted octanol–water partition coefficient (Wildman–Crippen LogP) is 4.54. The fraction of sp³-hybridized carbons (Fsp3) is 0.537. The Bertz CT molecular complexity index is 2150. The fourth-order valence-electron chi connectivity index (χ4n) is 7.92. The first-order valence-electron chi connectivity index (χ1n) is 19.7. The second kappa shape index (κ2) is 15.2. The summed E-state index contributed by atoms with van der Waals surface area (Å²) in [7, 11) is -0.613. The molecule has 0 unspecified atom stereocenters. The monoisotopic (exact) mass is 787 g/mol. The van der Waals surface area contributed by atoms with Gasteiger partial charge < -0.3 is 25.2 Å². The lowest BCUT2D eigenvalue weighted by Gasteiger charge is -2.30. The van der Waals surface area contributed by atoms with Crippen molar-refractivity contribution in [1.29, 1.82) is 0 Å². The summed E-state index contributed by atoms with van der Waals surface area (Å²) >= 11 is 0. The van der Waals surface area contributed by atoms with Gasteiger partial charge in [0, 0.05) is 38.2 Å². The molecule has 3 fully saturated rings. The molecule has 56 heavy (non-hydrogen) atoms. The average Bonchev–Trinajstić information content (AvgIpc) is 3.98. The fourth-order valence-corrected chi connectivity index (χ4v) is 9.23. The quantitative estimate of drug-likeness (QED) is 0.264. The molecule has 0 spiro atoms. The van der Waals surface area contributed by atoms with Gasteiger partial charge in [0.2, 0.25) is 21.8 Å². The number of hydrogen-bond acceptors (Lipinski definition) is 9. The Balaban J connectivity index is 1.23. The lowest BCUT2D eigenvalue weighted by Crippen LogP contribution is -2.58. The van der Waals surface area contributed by atoms with Crippen LogP contribution in [0, 0.1) is 5.92 Å². The molecule has 0 radical (unpaired) electrons. The first kappa shape index (κ1) is 39.3. The van der Waals surface area contributed by atoms with Crippen molar-refractivity contribution < 1.29 is 32.3 Å². The summed E-state index contributed by atoms with van der Waals surface area (Å²) in [5, 5.41) is 6.36. The van der Waals surface area contributed by atoms with Crippen LogP contribution in [-0.2, 0) is 24.4 Å². The number of nitrogens with zero attached hydrogens (tertiary/aromatic N) is 4. The van der Waals surface area contributed by atoms with Crippen molar-refractivity contribution in [1.82, 2.24) is 29.4 Å². The molecule has 3 aromatic rings. The first-order valence-corrected chi connectivity index (χ1v) is 21.2. The molecule has 4 aliphatic rings. The number of benzene rings is 2. The van der Waals surface area contributed by atoms with Crippen LogP contribution in [-0.4, -0.2) is 101 Å². The van der Waals surface area contributed by atoms with Gasteiger partial charge in [-0.2, -0.15) is 4.98 Å². The Hall–Kier alpha value is -4.92. The van der Waals surface area contributed by atoms with Crippen molar-refractivity contribution in [3.05, 3.63) is 66.2 Å². The molecule has 4 amide bonds. The van der Waals surface area contributed by atoms with Gasteiger partial charge in [0.25, 0.3) is 17.8 Å². The van der Waals surface area contributed by atoms with Crippen molar-refractivity contribution in [2.24, 2.45) is 5.92 Å². The summed E-state index contributed by atoms with van der Waals surface area (Å²) in [6.07, 6.45) is 8.25. The van der Waals surface area contributed by atoms with Crippen LogP contribution >= 0.6 is 0 Å². The van der Waals surface area contributed by atoms with Crippen LogP contribution in [0.3, 0.4) is 0 Å². The molecule has 0 bridgehead atoms. The topological polar surface area (TPSA) is 172 Å². The zero-order valence-corrected chi connectivity index (χ0v) is 33.6. The number of carbonyl (C=O) groups excluding carboxylic acids is 4. The SMILES string of the molecule is CC(C)n1c(O[C@@H]2C[C@H]3C(=O)N[C@]4(C(=O)NS(=O)(=O)C5(C)CC5)C[C@H]4/C=C\CCCCC[C@H](Nc4ccccc4)C(=O)N3C2)nc2c(C(=O)N(C)C)cccc21. The van der Waals surface area contributed by atoms with E-state index in [1.807, 2.05) is 67.0 Å². The average molecular weight is 788 g/mol. The minimum atomic E-state index is -3.97. The van der Waals surface area contributed by atoms with Crippen LogP contribution in [0.15, 0.2) is 60.7 Å². The van der Waals surface area contributed by atoms with E-state index in [1.165, 1.54) is 9.80 Å².